The van der Waals surface area contributed by atoms with Gasteiger partial charge in [-0.25, -0.2) is 4.79 Å². The van der Waals surface area contributed by atoms with Crippen molar-refractivity contribution in [1.29, 1.82) is 5.26 Å². The molecule has 0 aliphatic carbocycles. The van der Waals surface area contributed by atoms with E-state index in [9.17, 15) is 10.1 Å². The fourth-order valence-corrected chi connectivity index (χ4v) is 2.33. The average molecular weight is 306 g/mol. The van der Waals surface area contributed by atoms with Crippen LogP contribution in [0.5, 0.6) is 0 Å². The van der Waals surface area contributed by atoms with Gasteiger partial charge in [-0.3, -0.25) is 4.98 Å². The largest absolute Gasteiger partial charge is 0.466 e. The molecule has 1 aliphatic rings. The summed E-state index contributed by atoms with van der Waals surface area (Å²) in [4.78, 5) is 16.1. The second-order valence-electron chi connectivity index (χ2n) is 4.17. The van der Waals surface area contributed by atoms with E-state index in [4.69, 9.17) is 26.8 Å². The van der Waals surface area contributed by atoms with Gasteiger partial charge in [-0.15, -0.1) is 11.6 Å². The molecule has 2 N–H and O–H groups in total. The number of carbonyl (C=O) groups excluding carboxylic acids is 1. The smallest absolute Gasteiger partial charge is 0.338 e. The molecule has 2 heterocycles. The van der Waals surface area contributed by atoms with Gasteiger partial charge in [-0.2, -0.15) is 5.26 Å². The van der Waals surface area contributed by atoms with Gasteiger partial charge < -0.3 is 15.2 Å². The molecular weight excluding hydrogens is 294 g/mol. The van der Waals surface area contributed by atoms with E-state index in [-0.39, 0.29) is 28.7 Å². The number of alkyl halides is 1. The van der Waals surface area contributed by atoms with Crippen LogP contribution in [0.15, 0.2) is 47.3 Å². The maximum Gasteiger partial charge on any atom is 0.338 e. The third-order valence-electron chi connectivity index (χ3n) is 3.04. The van der Waals surface area contributed by atoms with Crippen molar-refractivity contribution in [3.8, 4) is 6.07 Å². The van der Waals surface area contributed by atoms with Crippen molar-refractivity contribution in [3.05, 3.63) is 52.9 Å². The number of nitrogens with two attached hydrogens (primary N) is 1. The van der Waals surface area contributed by atoms with Crippen LogP contribution in [0, 0.1) is 11.3 Å². The Labute approximate surface area is 126 Å². The number of halogens is 1. The van der Waals surface area contributed by atoms with Gasteiger partial charge >= 0.3 is 5.97 Å². The molecule has 0 saturated heterocycles. The molecule has 7 heteroatoms. The molecule has 0 radical (unpaired) electrons. The molecular formula is C14H12ClN3O3. The number of methoxy groups -OCH3 is 1. The Kier molecular flexibility index (Phi) is 4.45. The van der Waals surface area contributed by atoms with Crippen molar-refractivity contribution in [2.75, 3.05) is 13.0 Å². The molecule has 0 fully saturated rings. The van der Waals surface area contributed by atoms with Crippen molar-refractivity contribution in [2.45, 2.75) is 5.92 Å². The number of hydrogen-bond acceptors (Lipinski definition) is 6. The van der Waals surface area contributed by atoms with Gasteiger partial charge in [0.15, 0.2) is 0 Å². The van der Waals surface area contributed by atoms with Crippen LogP contribution in [0.4, 0.5) is 0 Å². The summed E-state index contributed by atoms with van der Waals surface area (Å²) in [5, 5.41) is 9.33. The van der Waals surface area contributed by atoms with Crippen LogP contribution in [0.25, 0.3) is 0 Å². The van der Waals surface area contributed by atoms with E-state index in [1.807, 2.05) is 6.07 Å². The molecule has 108 valence electrons. The predicted molar refractivity (Wildman–Crippen MR) is 74.7 cm³/mol. The molecule has 0 saturated carbocycles. The van der Waals surface area contributed by atoms with Crippen molar-refractivity contribution >= 4 is 17.6 Å². The highest BCUT2D eigenvalue weighted by Crippen LogP contribution is 2.39. The van der Waals surface area contributed by atoms with E-state index in [0.29, 0.717) is 5.56 Å². The number of rotatable bonds is 3. The number of nitriles is 1. The number of esters is 1. The quantitative estimate of drug-likeness (QED) is 0.672. The first kappa shape index (κ1) is 14.9. The van der Waals surface area contributed by atoms with E-state index >= 15 is 0 Å². The van der Waals surface area contributed by atoms with Crippen LogP contribution in [-0.2, 0) is 14.3 Å². The zero-order valence-electron chi connectivity index (χ0n) is 11.2. The number of carbonyl (C=O) groups is 1. The van der Waals surface area contributed by atoms with Gasteiger partial charge in [-0.1, -0.05) is 6.07 Å². The molecule has 1 aromatic rings. The lowest BCUT2D eigenvalue weighted by Gasteiger charge is -2.26. The summed E-state index contributed by atoms with van der Waals surface area (Å²) in [6, 6.07) is 5.41. The maximum absolute atomic E-state index is 12.1. The second kappa shape index (κ2) is 6.29. The molecule has 0 unspecified atom stereocenters. The number of pyridine rings is 1. The minimum Gasteiger partial charge on any atom is -0.466 e. The van der Waals surface area contributed by atoms with Gasteiger partial charge in [-0.05, 0) is 11.6 Å². The molecule has 0 amide bonds. The van der Waals surface area contributed by atoms with E-state index < -0.39 is 11.9 Å². The topological polar surface area (TPSA) is 98.2 Å². The Morgan fingerprint density at radius 2 is 2.43 bits per heavy atom. The van der Waals surface area contributed by atoms with Gasteiger partial charge in [0.05, 0.1) is 24.5 Å². The first-order valence-corrected chi connectivity index (χ1v) is 6.52. The third kappa shape index (κ3) is 2.69. The predicted octanol–water partition coefficient (Wildman–Crippen LogP) is 1.56. The Morgan fingerprint density at radius 3 is 2.95 bits per heavy atom. The van der Waals surface area contributed by atoms with E-state index in [1.165, 1.54) is 7.11 Å². The molecule has 0 bridgehead atoms. The number of hydrogen-bond donors (Lipinski definition) is 1. The minimum absolute atomic E-state index is 0.0688. The van der Waals surface area contributed by atoms with E-state index in [1.54, 1.807) is 24.5 Å². The van der Waals surface area contributed by atoms with Crippen molar-refractivity contribution < 1.29 is 14.3 Å². The van der Waals surface area contributed by atoms with Crippen LogP contribution in [0.2, 0.25) is 0 Å². The van der Waals surface area contributed by atoms with Gasteiger partial charge in [0, 0.05) is 12.4 Å². The SMILES string of the molecule is COC(=O)C1=C(CCl)OC(N)=C(C#N)[C@@H]1c1cccnc1. The maximum atomic E-state index is 12.1. The highest BCUT2D eigenvalue weighted by atomic mass is 35.5. The Balaban J connectivity index is 2.66. The standard InChI is InChI=1S/C14H12ClN3O3/c1-20-14(19)12-10(5-15)21-13(17)9(6-16)11(12)8-3-2-4-18-7-8/h2-4,7,11H,5,17H2,1H3/t11-/m0/s1. The second-order valence-corrected chi connectivity index (χ2v) is 4.44. The first-order chi connectivity index (χ1) is 10.1. The van der Waals surface area contributed by atoms with Crippen LogP contribution in [0.3, 0.4) is 0 Å². The summed E-state index contributed by atoms with van der Waals surface area (Å²) in [5.41, 5.74) is 6.67. The molecule has 1 atom stereocenters. The number of ether oxygens (including phenoxy) is 2. The lowest BCUT2D eigenvalue weighted by atomic mass is 9.84. The Hall–Kier alpha value is -2.52. The molecule has 0 spiro atoms. The molecule has 6 nitrogen and oxygen atoms in total. The summed E-state index contributed by atoms with van der Waals surface area (Å²) in [7, 11) is 1.25. The molecule has 21 heavy (non-hydrogen) atoms. The van der Waals surface area contributed by atoms with Crippen molar-refractivity contribution in [1.82, 2.24) is 4.98 Å². The van der Waals surface area contributed by atoms with Gasteiger partial charge in [0.2, 0.25) is 5.88 Å². The van der Waals surface area contributed by atoms with Crippen LogP contribution in [-0.4, -0.2) is 23.9 Å². The minimum atomic E-state index is -0.710. The Bertz CT molecular complexity index is 662. The third-order valence-corrected chi connectivity index (χ3v) is 3.28. The van der Waals surface area contributed by atoms with Gasteiger partial charge in [0.25, 0.3) is 0 Å². The van der Waals surface area contributed by atoms with Crippen LogP contribution < -0.4 is 5.73 Å². The molecule has 1 aliphatic heterocycles. The zero-order chi connectivity index (χ0) is 15.4. The summed E-state index contributed by atoms with van der Waals surface area (Å²) in [6.45, 7) is 0. The lowest BCUT2D eigenvalue weighted by molar-refractivity contribution is -0.136. The van der Waals surface area contributed by atoms with E-state index in [0.717, 1.165) is 0 Å². The summed E-state index contributed by atoms with van der Waals surface area (Å²) in [5.74, 6) is -1.30. The summed E-state index contributed by atoms with van der Waals surface area (Å²) < 4.78 is 10.1. The normalized spacial score (nSPS) is 18.0. The molecule has 0 aromatic carbocycles. The fraction of sp³-hybridized carbons (Fsp3) is 0.214. The highest BCUT2D eigenvalue weighted by Gasteiger charge is 2.37. The summed E-state index contributed by atoms with van der Waals surface area (Å²) >= 11 is 5.82. The molecule has 2 rings (SSSR count). The average Bonchev–Trinajstić information content (AvgIpc) is 2.53. The number of aromatic nitrogens is 1. The van der Waals surface area contributed by atoms with Crippen LogP contribution >= 0.6 is 11.6 Å². The number of nitrogens with zero attached hydrogens (tertiary/aromatic N) is 2. The van der Waals surface area contributed by atoms with Gasteiger partial charge in [0.1, 0.15) is 17.4 Å². The zero-order valence-corrected chi connectivity index (χ0v) is 11.9. The summed E-state index contributed by atoms with van der Waals surface area (Å²) in [6.07, 6.45) is 3.14. The van der Waals surface area contributed by atoms with E-state index in [2.05, 4.69) is 4.98 Å². The Morgan fingerprint density at radius 1 is 1.67 bits per heavy atom. The highest BCUT2D eigenvalue weighted by molar-refractivity contribution is 6.19. The van der Waals surface area contributed by atoms with Crippen molar-refractivity contribution in [2.24, 2.45) is 5.73 Å². The fourth-order valence-electron chi connectivity index (χ4n) is 2.13. The van der Waals surface area contributed by atoms with Crippen LogP contribution in [0.1, 0.15) is 11.5 Å². The van der Waals surface area contributed by atoms with Crippen molar-refractivity contribution in [3.63, 3.8) is 0 Å². The first-order valence-electron chi connectivity index (χ1n) is 5.98. The lowest BCUT2D eigenvalue weighted by Crippen LogP contribution is -2.26. The monoisotopic (exact) mass is 305 g/mol. The molecule has 1 aromatic heterocycles. The number of allylic oxidation sites excluding steroid dienone is 2.